The molecule has 120 valence electrons. The fourth-order valence-electron chi connectivity index (χ4n) is 2.53. The maximum Gasteiger partial charge on any atom is 0.219 e. The summed E-state index contributed by atoms with van der Waals surface area (Å²) in [6, 6.07) is -0.259. The third kappa shape index (κ3) is 3.63. The molecule has 0 aromatic carbocycles. The van der Waals surface area contributed by atoms with Gasteiger partial charge in [0.15, 0.2) is 0 Å². The molecule has 2 heterocycles. The molecule has 8 heteroatoms. The van der Waals surface area contributed by atoms with Crippen molar-refractivity contribution < 1.29 is 22.4 Å². The van der Waals surface area contributed by atoms with Crippen LogP contribution in [-0.2, 0) is 25.9 Å². The number of hydrogen-bond acceptors (Lipinski definition) is 6. The smallest absolute Gasteiger partial charge is 0.219 e. The van der Waals surface area contributed by atoms with E-state index in [4.69, 9.17) is 14.0 Å². The summed E-state index contributed by atoms with van der Waals surface area (Å²) in [7, 11) is -2.01. The van der Waals surface area contributed by atoms with Gasteiger partial charge in [-0.1, -0.05) is 5.16 Å². The summed E-state index contributed by atoms with van der Waals surface area (Å²) >= 11 is 0. The summed E-state index contributed by atoms with van der Waals surface area (Å²) < 4.78 is 43.0. The molecule has 0 saturated carbocycles. The Bertz CT molecular complexity index is 564. The van der Waals surface area contributed by atoms with Crippen molar-refractivity contribution in [3.63, 3.8) is 0 Å². The predicted molar refractivity (Wildman–Crippen MR) is 76.6 cm³/mol. The minimum Gasteiger partial charge on any atom is -0.378 e. The summed E-state index contributed by atoms with van der Waals surface area (Å²) in [6.45, 7) is 5.95. The maximum atomic E-state index is 12.4. The van der Waals surface area contributed by atoms with Crippen molar-refractivity contribution in [3.05, 3.63) is 17.0 Å². The first-order valence-corrected chi connectivity index (χ1v) is 8.43. The van der Waals surface area contributed by atoms with Crippen molar-refractivity contribution in [1.82, 2.24) is 9.88 Å². The zero-order valence-corrected chi connectivity index (χ0v) is 13.6. The number of methoxy groups -OCH3 is 1. The lowest BCUT2D eigenvalue weighted by molar-refractivity contribution is 0.0828. The van der Waals surface area contributed by atoms with E-state index in [0.29, 0.717) is 13.0 Å². The van der Waals surface area contributed by atoms with Gasteiger partial charge in [-0.05, 0) is 27.2 Å². The summed E-state index contributed by atoms with van der Waals surface area (Å²) in [4.78, 5) is 0. The molecule has 7 nitrogen and oxygen atoms in total. The molecule has 0 amide bonds. The van der Waals surface area contributed by atoms with E-state index >= 15 is 0 Å². The third-order valence-corrected chi connectivity index (χ3v) is 5.70. The SMILES string of the molecule is CO[C@H]1COC[C@H]1S(=O)(=O)N[C@@H](C)Cc1c(C)noc1C. The first-order valence-electron chi connectivity index (χ1n) is 6.88. The van der Waals surface area contributed by atoms with Crippen LogP contribution in [0.1, 0.15) is 23.9 Å². The second kappa shape index (κ2) is 6.43. The summed E-state index contributed by atoms with van der Waals surface area (Å²) in [5.41, 5.74) is 1.73. The van der Waals surface area contributed by atoms with Gasteiger partial charge in [-0.3, -0.25) is 0 Å². The Morgan fingerprint density at radius 1 is 1.43 bits per heavy atom. The fraction of sp³-hybridized carbons (Fsp3) is 0.769. The Morgan fingerprint density at radius 3 is 2.71 bits per heavy atom. The highest BCUT2D eigenvalue weighted by Crippen LogP contribution is 2.19. The van der Waals surface area contributed by atoms with Gasteiger partial charge >= 0.3 is 0 Å². The number of ether oxygens (including phenoxy) is 2. The van der Waals surface area contributed by atoms with Crippen molar-refractivity contribution in [3.8, 4) is 0 Å². The van der Waals surface area contributed by atoms with Crippen molar-refractivity contribution >= 4 is 10.0 Å². The van der Waals surface area contributed by atoms with Crippen LogP contribution in [0.4, 0.5) is 0 Å². The molecule has 1 saturated heterocycles. The minimum absolute atomic E-state index is 0.159. The van der Waals surface area contributed by atoms with E-state index in [0.717, 1.165) is 17.0 Å². The highest BCUT2D eigenvalue weighted by molar-refractivity contribution is 7.90. The first-order chi connectivity index (χ1) is 9.85. The number of aromatic nitrogens is 1. The lowest BCUT2D eigenvalue weighted by atomic mass is 10.1. The zero-order chi connectivity index (χ0) is 15.6. The van der Waals surface area contributed by atoms with Crippen molar-refractivity contribution in [2.45, 2.75) is 44.6 Å². The predicted octanol–water partition coefficient (Wildman–Crippen LogP) is 0.556. The number of hydrogen-bond donors (Lipinski definition) is 1. The highest BCUT2D eigenvalue weighted by Gasteiger charge is 2.39. The number of nitrogens with one attached hydrogen (secondary N) is 1. The lowest BCUT2D eigenvalue weighted by Gasteiger charge is -2.20. The lowest BCUT2D eigenvalue weighted by Crippen LogP contribution is -2.45. The number of nitrogens with zero attached hydrogens (tertiary/aromatic N) is 1. The molecule has 0 bridgehead atoms. The quantitative estimate of drug-likeness (QED) is 0.824. The van der Waals surface area contributed by atoms with Gasteiger partial charge < -0.3 is 14.0 Å². The van der Waals surface area contributed by atoms with E-state index in [1.165, 1.54) is 7.11 Å². The normalized spacial score (nSPS) is 24.4. The van der Waals surface area contributed by atoms with E-state index < -0.39 is 21.4 Å². The van der Waals surface area contributed by atoms with Gasteiger partial charge in [0.05, 0.1) is 18.9 Å². The highest BCUT2D eigenvalue weighted by atomic mass is 32.2. The van der Waals surface area contributed by atoms with Crippen LogP contribution in [-0.4, -0.2) is 51.3 Å². The zero-order valence-electron chi connectivity index (χ0n) is 12.8. The van der Waals surface area contributed by atoms with Crippen LogP contribution in [0.2, 0.25) is 0 Å². The Labute approximate surface area is 125 Å². The Hall–Kier alpha value is -0.960. The van der Waals surface area contributed by atoms with Crippen LogP contribution >= 0.6 is 0 Å². The summed E-state index contributed by atoms with van der Waals surface area (Å²) in [5.74, 6) is 0.720. The van der Waals surface area contributed by atoms with Crippen molar-refractivity contribution in [1.29, 1.82) is 0 Å². The largest absolute Gasteiger partial charge is 0.378 e. The number of rotatable bonds is 6. The third-order valence-electron chi connectivity index (χ3n) is 3.74. The van der Waals surface area contributed by atoms with Gasteiger partial charge in [-0.2, -0.15) is 0 Å². The standard InChI is InChI=1S/C13H22N2O5S/c1-8(5-11-9(2)14-20-10(11)3)15-21(16,17)13-7-19-6-12(13)18-4/h8,12-13,15H,5-7H2,1-4H3/t8-,12-,13+/m0/s1. The van der Waals surface area contributed by atoms with Crippen molar-refractivity contribution in [2.75, 3.05) is 20.3 Å². The van der Waals surface area contributed by atoms with Crippen LogP contribution < -0.4 is 4.72 Å². The summed E-state index contributed by atoms with van der Waals surface area (Å²) in [5, 5.41) is 3.20. The van der Waals surface area contributed by atoms with E-state index in [2.05, 4.69) is 9.88 Å². The van der Waals surface area contributed by atoms with E-state index in [-0.39, 0.29) is 12.6 Å². The van der Waals surface area contributed by atoms with Crippen LogP contribution in [0.3, 0.4) is 0 Å². The topological polar surface area (TPSA) is 90.7 Å². The van der Waals surface area contributed by atoms with E-state index in [1.807, 2.05) is 20.8 Å². The fourth-order valence-corrected chi connectivity index (χ4v) is 4.22. The molecule has 1 aromatic rings. The molecule has 1 aliphatic rings. The van der Waals surface area contributed by atoms with Crippen molar-refractivity contribution in [2.24, 2.45) is 0 Å². The average Bonchev–Trinajstić information content (AvgIpc) is 3.00. The monoisotopic (exact) mass is 318 g/mol. The van der Waals surface area contributed by atoms with E-state index in [9.17, 15) is 8.42 Å². The molecule has 0 radical (unpaired) electrons. The summed E-state index contributed by atoms with van der Waals surface area (Å²) in [6.07, 6.45) is 0.111. The first kappa shape index (κ1) is 16.4. The van der Waals surface area contributed by atoms with Crippen LogP contribution in [0.15, 0.2) is 4.52 Å². The molecule has 1 N–H and O–H groups in total. The van der Waals surface area contributed by atoms with Gasteiger partial charge in [0.1, 0.15) is 17.1 Å². The molecule has 1 aliphatic heterocycles. The molecule has 0 aliphatic carbocycles. The Balaban J connectivity index is 2.03. The molecule has 0 spiro atoms. The molecule has 2 rings (SSSR count). The molecule has 1 fully saturated rings. The molecule has 1 aromatic heterocycles. The molecular formula is C13H22N2O5S. The average molecular weight is 318 g/mol. The van der Waals surface area contributed by atoms with Crippen LogP contribution in [0.25, 0.3) is 0 Å². The second-order valence-corrected chi connectivity index (χ2v) is 7.35. The van der Waals surface area contributed by atoms with Gasteiger partial charge in [0.25, 0.3) is 0 Å². The maximum absolute atomic E-state index is 12.4. The van der Waals surface area contributed by atoms with Gasteiger partial charge in [0, 0.05) is 18.7 Å². The Kier molecular flexibility index (Phi) is 5.03. The van der Waals surface area contributed by atoms with Gasteiger partial charge in [-0.15, -0.1) is 0 Å². The minimum atomic E-state index is -3.50. The number of aryl methyl sites for hydroxylation is 2. The number of sulfonamides is 1. The van der Waals surface area contributed by atoms with E-state index in [1.54, 1.807) is 0 Å². The molecule has 21 heavy (non-hydrogen) atoms. The molecular weight excluding hydrogens is 296 g/mol. The van der Waals surface area contributed by atoms with Gasteiger partial charge in [-0.25, -0.2) is 13.1 Å². The van der Waals surface area contributed by atoms with Crippen LogP contribution in [0.5, 0.6) is 0 Å². The van der Waals surface area contributed by atoms with Gasteiger partial charge in [0.2, 0.25) is 10.0 Å². The second-order valence-electron chi connectivity index (χ2n) is 5.42. The van der Waals surface area contributed by atoms with Crippen LogP contribution in [0, 0.1) is 13.8 Å². The molecule has 3 atom stereocenters. The molecule has 0 unspecified atom stereocenters. The Morgan fingerprint density at radius 2 is 2.14 bits per heavy atom.